The van der Waals surface area contributed by atoms with Crippen LogP contribution < -0.4 is 10.6 Å². The lowest BCUT2D eigenvalue weighted by Gasteiger charge is -2.16. The topological polar surface area (TPSA) is 71.1 Å². The molecule has 6 heteroatoms. The number of aryl methyl sites for hydroxylation is 1. The Morgan fingerprint density at radius 3 is 2.76 bits per heavy atom. The monoisotopic (exact) mass is 309 g/mol. The fourth-order valence-electron chi connectivity index (χ4n) is 2.57. The van der Waals surface area contributed by atoms with E-state index in [9.17, 15) is 9.59 Å². The van der Waals surface area contributed by atoms with Gasteiger partial charge < -0.3 is 10.6 Å². The quantitative estimate of drug-likeness (QED) is 0.842. The molecule has 2 rings (SSSR count). The largest absolute Gasteiger partial charge is 0.354 e. The van der Waals surface area contributed by atoms with E-state index in [1.807, 2.05) is 12.3 Å². The van der Waals surface area contributed by atoms with Crippen LogP contribution in [0.25, 0.3) is 0 Å². The van der Waals surface area contributed by atoms with E-state index in [2.05, 4.69) is 15.6 Å². The number of hydrogen-bond donors (Lipinski definition) is 2. The fourth-order valence-corrected chi connectivity index (χ4v) is 3.22. The average Bonchev–Trinajstić information content (AvgIpc) is 3.10. The number of aromatic nitrogens is 1. The summed E-state index contributed by atoms with van der Waals surface area (Å²) in [5.74, 6) is -0.0168. The standard InChI is InChI=1S/C15H23N3O2S/c1-10(17-15(20)12-5-3-4-6-12)14(19)16-8-7-13-9-21-11(2)18-13/h9-10,12H,3-8H2,1-2H3,(H,16,19)(H,17,20). The minimum absolute atomic E-state index is 0.0188. The van der Waals surface area contributed by atoms with Crippen LogP contribution in [0.3, 0.4) is 0 Å². The highest BCUT2D eigenvalue weighted by atomic mass is 32.1. The van der Waals surface area contributed by atoms with Crippen LogP contribution in [0.15, 0.2) is 5.38 Å². The van der Waals surface area contributed by atoms with Gasteiger partial charge in [0, 0.05) is 24.3 Å². The summed E-state index contributed by atoms with van der Waals surface area (Å²) in [6.07, 6.45) is 4.85. The van der Waals surface area contributed by atoms with E-state index in [-0.39, 0.29) is 17.7 Å². The molecular weight excluding hydrogens is 286 g/mol. The number of nitrogens with zero attached hydrogens (tertiary/aromatic N) is 1. The van der Waals surface area contributed by atoms with Crippen LogP contribution in [-0.2, 0) is 16.0 Å². The van der Waals surface area contributed by atoms with Gasteiger partial charge in [-0.2, -0.15) is 0 Å². The number of rotatable bonds is 6. The Morgan fingerprint density at radius 2 is 2.14 bits per heavy atom. The maximum absolute atomic E-state index is 12.0. The van der Waals surface area contributed by atoms with Crippen LogP contribution in [0.2, 0.25) is 0 Å². The molecule has 0 aliphatic heterocycles. The van der Waals surface area contributed by atoms with Gasteiger partial charge in [0.1, 0.15) is 6.04 Å². The zero-order valence-corrected chi connectivity index (χ0v) is 13.5. The van der Waals surface area contributed by atoms with E-state index in [0.29, 0.717) is 6.54 Å². The predicted molar refractivity (Wildman–Crippen MR) is 83.1 cm³/mol. The van der Waals surface area contributed by atoms with Crippen LogP contribution in [0.1, 0.15) is 43.3 Å². The molecule has 1 aliphatic carbocycles. The van der Waals surface area contributed by atoms with Crippen molar-refractivity contribution in [2.24, 2.45) is 5.92 Å². The summed E-state index contributed by atoms with van der Waals surface area (Å²) in [7, 11) is 0. The van der Waals surface area contributed by atoms with Gasteiger partial charge in [-0.25, -0.2) is 4.98 Å². The number of nitrogens with one attached hydrogen (secondary N) is 2. The fraction of sp³-hybridized carbons (Fsp3) is 0.667. The zero-order valence-electron chi connectivity index (χ0n) is 12.6. The molecule has 0 aromatic carbocycles. The summed E-state index contributed by atoms with van der Waals surface area (Å²) in [5.41, 5.74) is 1.00. The minimum Gasteiger partial charge on any atom is -0.354 e. The molecule has 1 aromatic heterocycles. The van der Waals surface area contributed by atoms with Crippen molar-refractivity contribution < 1.29 is 9.59 Å². The molecule has 1 atom stereocenters. The third-order valence-electron chi connectivity index (χ3n) is 3.82. The third kappa shape index (κ3) is 4.81. The lowest BCUT2D eigenvalue weighted by Crippen LogP contribution is -2.46. The van der Waals surface area contributed by atoms with E-state index in [1.54, 1.807) is 18.3 Å². The summed E-state index contributed by atoms with van der Waals surface area (Å²) in [6.45, 7) is 4.24. The molecule has 21 heavy (non-hydrogen) atoms. The van der Waals surface area contributed by atoms with Gasteiger partial charge in [-0.15, -0.1) is 11.3 Å². The number of amides is 2. The van der Waals surface area contributed by atoms with Gasteiger partial charge in [0.15, 0.2) is 0 Å². The molecule has 2 amide bonds. The molecule has 0 radical (unpaired) electrons. The Balaban J connectivity index is 1.68. The Morgan fingerprint density at radius 1 is 1.43 bits per heavy atom. The molecule has 1 saturated carbocycles. The number of hydrogen-bond acceptors (Lipinski definition) is 4. The molecule has 0 bridgehead atoms. The van der Waals surface area contributed by atoms with Gasteiger partial charge in [-0.3, -0.25) is 9.59 Å². The van der Waals surface area contributed by atoms with Crippen LogP contribution >= 0.6 is 11.3 Å². The Bertz CT molecular complexity index is 495. The lowest BCUT2D eigenvalue weighted by molar-refractivity contribution is -0.130. The first kappa shape index (κ1) is 15.9. The number of carbonyl (C=O) groups is 2. The predicted octanol–water partition coefficient (Wildman–Crippen LogP) is 1.81. The van der Waals surface area contributed by atoms with Crippen molar-refractivity contribution in [1.29, 1.82) is 0 Å². The smallest absolute Gasteiger partial charge is 0.242 e. The first-order valence-corrected chi connectivity index (χ1v) is 8.43. The van der Waals surface area contributed by atoms with Crippen molar-refractivity contribution in [2.75, 3.05) is 6.54 Å². The third-order valence-corrected chi connectivity index (χ3v) is 4.65. The summed E-state index contributed by atoms with van der Waals surface area (Å²) in [5, 5.41) is 8.70. The van der Waals surface area contributed by atoms with Gasteiger partial charge >= 0.3 is 0 Å². The van der Waals surface area contributed by atoms with Gasteiger partial charge in [0.2, 0.25) is 11.8 Å². The van der Waals surface area contributed by atoms with Crippen LogP contribution in [-0.4, -0.2) is 29.4 Å². The van der Waals surface area contributed by atoms with E-state index in [4.69, 9.17) is 0 Å². The molecular formula is C15H23N3O2S. The zero-order chi connectivity index (χ0) is 15.2. The van der Waals surface area contributed by atoms with Crippen LogP contribution in [0.5, 0.6) is 0 Å². The maximum atomic E-state index is 12.0. The Kier molecular flexibility index (Phi) is 5.73. The van der Waals surface area contributed by atoms with Crippen molar-refractivity contribution in [1.82, 2.24) is 15.6 Å². The summed E-state index contributed by atoms with van der Waals surface area (Å²) in [6, 6.07) is -0.477. The second-order valence-electron chi connectivity index (χ2n) is 5.61. The molecule has 0 saturated heterocycles. The molecule has 5 nitrogen and oxygen atoms in total. The second kappa shape index (κ2) is 7.54. The summed E-state index contributed by atoms with van der Waals surface area (Å²) < 4.78 is 0. The van der Waals surface area contributed by atoms with Crippen molar-refractivity contribution >= 4 is 23.2 Å². The number of carbonyl (C=O) groups excluding carboxylic acids is 2. The summed E-state index contributed by atoms with van der Waals surface area (Å²) >= 11 is 1.61. The molecule has 2 N–H and O–H groups in total. The minimum atomic E-state index is -0.477. The van der Waals surface area contributed by atoms with Gasteiger partial charge in [-0.1, -0.05) is 12.8 Å². The Hall–Kier alpha value is -1.43. The molecule has 116 valence electrons. The van der Waals surface area contributed by atoms with Crippen LogP contribution in [0, 0.1) is 12.8 Å². The van der Waals surface area contributed by atoms with Crippen molar-refractivity contribution in [2.45, 2.75) is 52.0 Å². The van der Waals surface area contributed by atoms with Gasteiger partial charge in [-0.05, 0) is 26.7 Å². The molecule has 1 aromatic rings. The summed E-state index contributed by atoms with van der Waals surface area (Å²) in [4.78, 5) is 28.3. The normalized spacial score (nSPS) is 16.7. The molecule has 1 heterocycles. The van der Waals surface area contributed by atoms with E-state index < -0.39 is 6.04 Å². The SMILES string of the molecule is Cc1nc(CCNC(=O)C(C)NC(=O)C2CCCC2)cs1. The highest BCUT2D eigenvalue weighted by molar-refractivity contribution is 7.09. The van der Waals surface area contributed by atoms with E-state index in [0.717, 1.165) is 42.8 Å². The van der Waals surface area contributed by atoms with Gasteiger partial charge in [0.05, 0.1) is 10.7 Å². The average molecular weight is 309 g/mol. The lowest BCUT2D eigenvalue weighted by atomic mass is 10.1. The molecule has 0 spiro atoms. The highest BCUT2D eigenvalue weighted by Crippen LogP contribution is 2.24. The van der Waals surface area contributed by atoms with Gasteiger partial charge in [0.25, 0.3) is 0 Å². The van der Waals surface area contributed by atoms with E-state index in [1.165, 1.54) is 0 Å². The van der Waals surface area contributed by atoms with Crippen molar-refractivity contribution in [3.63, 3.8) is 0 Å². The molecule has 1 unspecified atom stereocenters. The van der Waals surface area contributed by atoms with E-state index >= 15 is 0 Å². The molecule has 1 aliphatic rings. The second-order valence-corrected chi connectivity index (χ2v) is 6.67. The first-order chi connectivity index (χ1) is 10.1. The number of thiazole rings is 1. The van der Waals surface area contributed by atoms with Crippen molar-refractivity contribution in [3.8, 4) is 0 Å². The maximum Gasteiger partial charge on any atom is 0.242 e. The van der Waals surface area contributed by atoms with Crippen molar-refractivity contribution in [3.05, 3.63) is 16.1 Å². The van der Waals surface area contributed by atoms with Crippen LogP contribution in [0.4, 0.5) is 0 Å². The Labute approximate surface area is 129 Å². The highest BCUT2D eigenvalue weighted by Gasteiger charge is 2.25. The first-order valence-electron chi connectivity index (χ1n) is 7.55. The molecule has 1 fully saturated rings.